The van der Waals surface area contributed by atoms with Crippen LogP contribution < -0.4 is 0 Å². The zero-order chi connectivity index (χ0) is 29.7. The van der Waals surface area contributed by atoms with Gasteiger partial charge in [0, 0.05) is 27.7 Å². The highest BCUT2D eigenvalue weighted by Crippen LogP contribution is 2.37. The number of aliphatic hydroxyl groups excluding tert-OH is 4. The Morgan fingerprint density at radius 1 is 0.600 bits per heavy atom. The second kappa shape index (κ2) is 13.5. The maximum Gasteiger partial charge on any atom is 0.303 e. The molecule has 3 rings (SSSR count). The molecule has 2 fully saturated rings. The van der Waals surface area contributed by atoms with E-state index in [9.17, 15) is 39.6 Å². The number of rotatable bonds is 8. The molecule has 14 nitrogen and oxygen atoms in total. The summed E-state index contributed by atoms with van der Waals surface area (Å²) in [4.78, 5) is 45.7. The summed E-state index contributed by atoms with van der Waals surface area (Å²) < 4.78 is 31.9. The van der Waals surface area contributed by atoms with Crippen molar-refractivity contribution in [2.75, 3.05) is 13.2 Å². The van der Waals surface area contributed by atoms with Crippen molar-refractivity contribution < 1.29 is 68.0 Å². The van der Waals surface area contributed by atoms with Gasteiger partial charge in [0.2, 0.25) is 0 Å². The Labute approximate surface area is 229 Å². The fraction of sp³-hybridized carbons (Fsp3) is 0.615. The third-order valence-corrected chi connectivity index (χ3v) is 6.47. The lowest BCUT2D eigenvalue weighted by Gasteiger charge is -2.43. The van der Waals surface area contributed by atoms with E-state index in [0.29, 0.717) is 11.1 Å². The van der Waals surface area contributed by atoms with Crippen molar-refractivity contribution in [1.29, 1.82) is 0 Å². The van der Waals surface area contributed by atoms with E-state index in [1.54, 1.807) is 0 Å². The Balaban J connectivity index is 1.82. The van der Waals surface area contributed by atoms with Crippen LogP contribution in [-0.2, 0) is 47.6 Å². The first kappa shape index (κ1) is 31.4. The zero-order valence-electron chi connectivity index (χ0n) is 22.4. The number of carbonyl (C=O) groups is 4. The van der Waals surface area contributed by atoms with Gasteiger partial charge in [-0.1, -0.05) is 24.3 Å². The quantitative estimate of drug-likeness (QED) is 0.219. The van der Waals surface area contributed by atoms with Crippen LogP contribution in [0.1, 0.15) is 51.0 Å². The van der Waals surface area contributed by atoms with Gasteiger partial charge in [-0.25, -0.2) is 0 Å². The van der Waals surface area contributed by atoms with Gasteiger partial charge in [0.1, 0.15) is 62.0 Å². The molecule has 2 heterocycles. The van der Waals surface area contributed by atoms with E-state index in [2.05, 4.69) is 0 Å². The molecule has 40 heavy (non-hydrogen) atoms. The highest BCUT2D eigenvalue weighted by atomic mass is 16.6. The minimum Gasteiger partial charge on any atom is -0.463 e. The van der Waals surface area contributed by atoms with E-state index in [0.717, 1.165) is 13.8 Å². The van der Waals surface area contributed by atoms with Gasteiger partial charge in [0.15, 0.2) is 12.2 Å². The second-order valence-corrected chi connectivity index (χ2v) is 9.57. The normalized spacial score (nSPS) is 33.9. The first-order valence-electron chi connectivity index (χ1n) is 12.5. The molecule has 0 aliphatic carbocycles. The fourth-order valence-electron chi connectivity index (χ4n) is 4.65. The van der Waals surface area contributed by atoms with Gasteiger partial charge in [-0.2, -0.15) is 0 Å². The zero-order valence-corrected chi connectivity index (χ0v) is 22.4. The number of hydrogen-bond donors (Lipinski definition) is 4. The number of esters is 4. The standard InChI is InChI=1S/C26H34O14/c1-11(27)35-9-17-25(37-13(3)29)21(33)19(31)23(39-17)15-5-7-16(8-6-15)24-20(32)22(34)26(38-14(4)30)18(40-24)10-36-12(2)28/h5-8,17-26,31-34H,9-10H2,1-4H3/t17-,18-,19-,20+,21-,22-,23-,24-,25-,26+/m1/s1. The molecule has 222 valence electrons. The molecule has 4 N–H and O–H groups in total. The molecule has 1 aromatic carbocycles. The smallest absolute Gasteiger partial charge is 0.303 e. The minimum absolute atomic E-state index is 0.348. The summed E-state index contributed by atoms with van der Waals surface area (Å²) in [6.45, 7) is 3.90. The summed E-state index contributed by atoms with van der Waals surface area (Å²) >= 11 is 0. The van der Waals surface area contributed by atoms with Crippen LogP contribution in [0.25, 0.3) is 0 Å². The molecule has 10 atom stereocenters. The number of aliphatic hydroxyl groups is 4. The molecule has 0 saturated carbocycles. The average molecular weight is 571 g/mol. The predicted molar refractivity (Wildman–Crippen MR) is 130 cm³/mol. The van der Waals surface area contributed by atoms with Crippen molar-refractivity contribution in [3.8, 4) is 0 Å². The fourth-order valence-corrected chi connectivity index (χ4v) is 4.65. The Hall–Kier alpha value is -3.14. The summed E-state index contributed by atoms with van der Waals surface area (Å²) in [6.07, 6.45) is -13.2. The largest absolute Gasteiger partial charge is 0.463 e. The van der Waals surface area contributed by atoms with E-state index in [-0.39, 0.29) is 13.2 Å². The third kappa shape index (κ3) is 7.53. The molecule has 0 bridgehead atoms. The molecular weight excluding hydrogens is 536 g/mol. The molecular formula is C26H34O14. The Bertz CT molecular complexity index is 975. The SMILES string of the molecule is CC(=O)OC[C@H]1O[C@H](c2ccc([C@H]3O[C@H](COC(C)=O)[C@@H](OC(C)=O)[C@H](O)[C@H]3O)cc2)[C@@H](O)[C@@H](O)[C@H]1OC(C)=O. The molecule has 0 radical (unpaired) electrons. The topological polar surface area (TPSA) is 205 Å². The molecule has 0 unspecified atom stereocenters. The van der Waals surface area contributed by atoms with Crippen molar-refractivity contribution in [3.05, 3.63) is 35.4 Å². The van der Waals surface area contributed by atoms with Crippen molar-refractivity contribution in [1.82, 2.24) is 0 Å². The molecule has 14 heteroatoms. The van der Waals surface area contributed by atoms with Crippen LogP contribution in [0.2, 0.25) is 0 Å². The van der Waals surface area contributed by atoms with E-state index < -0.39 is 84.9 Å². The molecule has 2 aliphatic heterocycles. The van der Waals surface area contributed by atoms with Crippen molar-refractivity contribution >= 4 is 23.9 Å². The monoisotopic (exact) mass is 570 g/mol. The van der Waals surface area contributed by atoms with Crippen LogP contribution in [0.4, 0.5) is 0 Å². The van der Waals surface area contributed by atoms with Crippen molar-refractivity contribution in [3.63, 3.8) is 0 Å². The average Bonchev–Trinajstić information content (AvgIpc) is 2.88. The Morgan fingerprint density at radius 2 is 0.925 bits per heavy atom. The van der Waals surface area contributed by atoms with Crippen molar-refractivity contribution in [2.24, 2.45) is 0 Å². The highest BCUT2D eigenvalue weighted by molar-refractivity contribution is 5.67. The Kier molecular flexibility index (Phi) is 10.6. The minimum atomic E-state index is -1.57. The highest BCUT2D eigenvalue weighted by Gasteiger charge is 2.49. The molecule has 0 amide bonds. The van der Waals surface area contributed by atoms with Crippen LogP contribution in [0.3, 0.4) is 0 Å². The van der Waals surface area contributed by atoms with Crippen LogP contribution in [0.5, 0.6) is 0 Å². The van der Waals surface area contributed by atoms with E-state index >= 15 is 0 Å². The number of hydrogen-bond acceptors (Lipinski definition) is 14. The lowest BCUT2D eigenvalue weighted by atomic mass is 9.88. The number of carbonyl (C=O) groups excluding carboxylic acids is 4. The van der Waals surface area contributed by atoms with Gasteiger partial charge < -0.3 is 48.8 Å². The summed E-state index contributed by atoms with van der Waals surface area (Å²) in [5, 5.41) is 42.9. The van der Waals surface area contributed by atoms with Gasteiger partial charge in [-0.15, -0.1) is 0 Å². The first-order chi connectivity index (χ1) is 18.8. The molecule has 0 aromatic heterocycles. The second-order valence-electron chi connectivity index (χ2n) is 9.57. The molecule has 0 spiro atoms. The number of benzene rings is 1. The number of ether oxygens (including phenoxy) is 6. The lowest BCUT2D eigenvalue weighted by molar-refractivity contribution is -0.243. The van der Waals surface area contributed by atoms with Crippen LogP contribution in [0, 0.1) is 0 Å². The maximum absolute atomic E-state index is 11.5. The Morgan fingerprint density at radius 3 is 1.20 bits per heavy atom. The van der Waals surface area contributed by atoms with Crippen LogP contribution in [-0.4, -0.2) is 106 Å². The van der Waals surface area contributed by atoms with E-state index in [1.807, 2.05) is 0 Å². The van der Waals surface area contributed by atoms with Gasteiger partial charge in [-0.3, -0.25) is 19.2 Å². The van der Waals surface area contributed by atoms with Gasteiger partial charge >= 0.3 is 23.9 Å². The first-order valence-corrected chi connectivity index (χ1v) is 12.5. The summed E-state index contributed by atoms with van der Waals surface area (Å²) in [7, 11) is 0. The molecule has 2 saturated heterocycles. The molecule has 2 aliphatic rings. The third-order valence-electron chi connectivity index (χ3n) is 6.47. The summed E-state index contributed by atoms with van der Waals surface area (Å²) in [5.41, 5.74) is 0.758. The van der Waals surface area contributed by atoms with Gasteiger partial charge in [0.05, 0.1) is 0 Å². The van der Waals surface area contributed by atoms with Crippen LogP contribution >= 0.6 is 0 Å². The maximum atomic E-state index is 11.5. The summed E-state index contributed by atoms with van der Waals surface area (Å²) in [5.74, 6) is -2.70. The van der Waals surface area contributed by atoms with Crippen molar-refractivity contribution in [2.45, 2.75) is 88.7 Å². The summed E-state index contributed by atoms with van der Waals surface area (Å²) in [6, 6.07) is 6.08. The lowest BCUT2D eigenvalue weighted by Crippen LogP contribution is -2.57. The predicted octanol–water partition coefficient (Wildman–Crippen LogP) is -1.00. The van der Waals surface area contributed by atoms with Gasteiger partial charge in [0.25, 0.3) is 0 Å². The van der Waals surface area contributed by atoms with Gasteiger partial charge in [-0.05, 0) is 11.1 Å². The van der Waals surface area contributed by atoms with Crippen LogP contribution in [0.15, 0.2) is 24.3 Å². The van der Waals surface area contributed by atoms with E-state index in [4.69, 9.17) is 28.4 Å². The van der Waals surface area contributed by atoms with E-state index in [1.165, 1.54) is 38.1 Å². The molecule has 1 aromatic rings.